The van der Waals surface area contributed by atoms with Crippen molar-refractivity contribution in [2.45, 2.75) is 19.3 Å². The Morgan fingerprint density at radius 2 is 1.93 bits per heavy atom. The summed E-state index contributed by atoms with van der Waals surface area (Å²) in [5.74, 6) is -0.0448. The maximum absolute atomic E-state index is 11.6. The molecule has 0 unspecified atom stereocenters. The second-order valence-corrected chi connectivity index (χ2v) is 4.73. The number of benzene rings is 1. The van der Waals surface area contributed by atoms with Crippen LogP contribution in [0.25, 0.3) is 0 Å². The Morgan fingerprint density at radius 1 is 1.29 bits per heavy atom. The number of carbonyl (C=O) groups is 1. The minimum Gasteiger partial charge on any atom is -0.325 e. The van der Waals surface area contributed by atoms with Crippen LogP contribution in [0.5, 0.6) is 0 Å². The standard InChI is InChI=1S/C10H9Cl2NO/c1-10(2)8-6(12)3-5(11)4-7(8)13-9(10)14/h3-4H,1-2H3,(H,13,14). The van der Waals surface area contributed by atoms with E-state index in [4.69, 9.17) is 23.2 Å². The molecule has 0 aromatic heterocycles. The highest BCUT2D eigenvalue weighted by atomic mass is 35.5. The summed E-state index contributed by atoms with van der Waals surface area (Å²) in [4.78, 5) is 11.6. The van der Waals surface area contributed by atoms with E-state index < -0.39 is 5.41 Å². The summed E-state index contributed by atoms with van der Waals surface area (Å²) in [7, 11) is 0. The molecule has 0 fully saturated rings. The first-order valence-corrected chi connectivity index (χ1v) is 4.99. The van der Waals surface area contributed by atoms with Crippen molar-refractivity contribution >= 4 is 34.8 Å². The quantitative estimate of drug-likeness (QED) is 0.728. The lowest BCUT2D eigenvalue weighted by Gasteiger charge is -2.16. The van der Waals surface area contributed by atoms with Crippen LogP contribution in [0.4, 0.5) is 5.69 Å². The van der Waals surface area contributed by atoms with Gasteiger partial charge in [0.1, 0.15) is 0 Å². The first-order chi connectivity index (χ1) is 6.43. The molecule has 0 atom stereocenters. The summed E-state index contributed by atoms with van der Waals surface area (Å²) in [6.45, 7) is 3.68. The van der Waals surface area contributed by atoms with Gasteiger partial charge in [0.05, 0.1) is 5.41 Å². The number of amides is 1. The molecule has 2 rings (SSSR count). The molecule has 1 aliphatic heterocycles. The fraction of sp³-hybridized carbons (Fsp3) is 0.300. The van der Waals surface area contributed by atoms with Gasteiger partial charge in [0.25, 0.3) is 0 Å². The van der Waals surface area contributed by atoms with Gasteiger partial charge in [-0.3, -0.25) is 4.79 Å². The summed E-state index contributed by atoms with van der Waals surface area (Å²) in [5.41, 5.74) is 0.975. The van der Waals surface area contributed by atoms with Crippen LogP contribution in [0, 0.1) is 0 Å². The van der Waals surface area contributed by atoms with Crippen LogP contribution in [0.2, 0.25) is 10.0 Å². The molecule has 1 N–H and O–H groups in total. The van der Waals surface area contributed by atoms with Gasteiger partial charge in [0.15, 0.2) is 0 Å². The Bertz CT molecular complexity index is 426. The average Bonchev–Trinajstić information content (AvgIpc) is 2.21. The Morgan fingerprint density at radius 3 is 2.57 bits per heavy atom. The third kappa shape index (κ3) is 1.22. The number of hydrogen-bond donors (Lipinski definition) is 1. The third-order valence-corrected chi connectivity index (χ3v) is 3.01. The van der Waals surface area contributed by atoms with Crippen molar-refractivity contribution in [2.75, 3.05) is 5.32 Å². The van der Waals surface area contributed by atoms with Crippen molar-refractivity contribution in [1.29, 1.82) is 0 Å². The maximum atomic E-state index is 11.6. The first-order valence-electron chi connectivity index (χ1n) is 4.24. The molecule has 0 spiro atoms. The van der Waals surface area contributed by atoms with E-state index in [0.29, 0.717) is 10.0 Å². The molecular formula is C10H9Cl2NO. The van der Waals surface area contributed by atoms with E-state index in [1.807, 2.05) is 13.8 Å². The number of nitrogens with one attached hydrogen (secondary N) is 1. The molecular weight excluding hydrogens is 221 g/mol. The number of fused-ring (bicyclic) bond motifs is 1. The van der Waals surface area contributed by atoms with Crippen LogP contribution < -0.4 is 5.32 Å². The zero-order chi connectivity index (χ0) is 10.5. The van der Waals surface area contributed by atoms with E-state index >= 15 is 0 Å². The number of rotatable bonds is 0. The zero-order valence-corrected chi connectivity index (χ0v) is 9.33. The van der Waals surface area contributed by atoms with E-state index in [2.05, 4.69) is 5.32 Å². The summed E-state index contributed by atoms with van der Waals surface area (Å²) in [5, 5.41) is 3.83. The predicted octanol–water partition coefficient (Wildman–Crippen LogP) is 3.22. The highest BCUT2D eigenvalue weighted by Crippen LogP contribution is 2.43. The largest absolute Gasteiger partial charge is 0.325 e. The van der Waals surface area contributed by atoms with E-state index in [1.54, 1.807) is 12.1 Å². The van der Waals surface area contributed by atoms with Gasteiger partial charge in [-0.1, -0.05) is 23.2 Å². The molecule has 0 saturated carbocycles. The van der Waals surface area contributed by atoms with Crippen molar-refractivity contribution in [2.24, 2.45) is 0 Å². The predicted molar refractivity (Wildman–Crippen MR) is 58.1 cm³/mol. The van der Waals surface area contributed by atoms with Gasteiger partial charge in [-0.25, -0.2) is 0 Å². The molecule has 4 heteroatoms. The fourth-order valence-corrected chi connectivity index (χ4v) is 2.43. The van der Waals surface area contributed by atoms with Crippen molar-refractivity contribution in [3.8, 4) is 0 Å². The normalized spacial score (nSPS) is 17.9. The van der Waals surface area contributed by atoms with Gasteiger partial charge in [-0.05, 0) is 26.0 Å². The number of carbonyl (C=O) groups excluding carboxylic acids is 1. The van der Waals surface area contributed by atoms with Crippen molar-refractivity contribution < 1.29 is 4.79 Å². The molecule has 0 saturated heterocycles. The number of halogens is 2. The van der Waals surface area contributed by atoms with E-state index in [1.165, 1.54) is 0 Å². The van der Waals surface area contributed by atoms with Crippen LogP contribution in [-0.2, 0) is 10.2 Å². The smallest absolute Gasteiger partial charge is 0.234 e. The van der Waals surface area contributed by atoms with Gasteiger partial charge in [0.2, 0.25) is 5.91 Å². The second-order valence-electron chi connectivity index (χ2n) is 3.89. The van der Waals surface area contributed by atoms with Crippen LogP contribution in [0.1, 0.15) is 19.4 Å². The minimum absolute atomic E-state index is 0.0448. The molecule has 1 amide bonds. The van der Waals surface area contributed by atoms with Gasteiger partial charge < -0.3 is 5.32 Å². The molecule has 1 heterocycles. The molecule has 1 aromatic carbocycles. The number of anilines is 1. The molecule has 0 bridgehead atoms. The Kier molecular flexibility index (Phi) is 2.02. The third-order valence-electron chi connectivity index (χ3n) is 2.50. The number of hydrogen-bond acceptors (Lipinski definition) is 1. The molecule has 1 aliphatic rings. The highest BCUT2D eigenvalue weighted by Gasteiger charge is 2.40. The van der Waals surface area contributed by atoms with E-state index in [9.17, 15) is 4.79 Å². The molecule has 0 radical (unpaired) electrons. The van der Waals surface area contributed by atoms with E-state index in [0.717, 1.165) is 11.3 Å². The molecule has 14 heavy (non-hydrogen) atoms. The monoisotopic (exact) mass is 229 g/mol. The van der Waals surface area contributed by atoms with Crippen LogP contribution in [0.3, 0.4) is 0 Å². The topological polar surface area (TPSA) is 29.1 Å². The Hall–Kier alpha value is -0.730. The molecule has 2 nitrogen and oxygen atoms in total. The summed E-state index contributed by atoms with van der Waals surface area (Å²) >= 11 is 11.9. The van der Waals surface area contributed by atoms with E-state index in [-0.39, 0.29) is 5.91 Å². The molecule has 1 aromatic rings. The lowest BCUT2D eigenvalue weighted by atomic mass is 9.86. The lowest BCUT2D eigenvalue weighted by molar-refractivity contribution is -0.119. The second kappa shape index (κ2) is 2.88. The molecule has 0 aliphatic carbocycles. The minimum atomic E-state index is -0.572. The van der Waals surface area contributed by atoms with Crippen molar-refractivity contribution in [3.05, 3.63) is 27.7 Å². The Balaban J connectivity index is 2.71. The van der Waals surface area contributed by atoms with Crippen molar-refractivity contribution in [3.63, 3.8) is 0 Å². The maximum Gasteiger partial charge on any atom is 0.234 e. The van der Waals surface area contributed by atoms with Crippen molar-refractivity contribution in [1.82, 2.24) is 0 Å². The Labute approximate surface area is 92.2 Å². The molecule has 74 valence electrons. The van der Waals surface area contributed by atoms with Gasteiger partial charge >= 0.3 is 0 Å². The highest BCUT2D eigenvalue weighted by molar-refractivity contribution is 6.36. The lowest BCUT2D eigenvalue weighted by Crippen LogP contribution is -2.27. The summed E-state index contributed by atoms with van der Waals surface area (Å²) < 4.78 is 0. The van der Waals surface area contributed by atoms with Gasteiger partial charge in [-0.2, -0.15) is 0 Å². The van der Waals surface area contributed by atoms with Crippen LogP contribution in [0.15, 0.2) is 12.1 Å². The van der Waals surface area contributed by atoms with Gasteiger partial charge in [-0.15, -0.1) is 0 Å². The average molecular weight is 230 g/mol. The van der Waals surface area contributed by atoms with Gasteiger partial charge in [0, 0.05) is 21.3 Å². The SMILES string of the molecule is CC1(C)C(=O)Nc2cc(Cl)cc(Cl)c21. The van der Waals surface area contributed by atoms with Crippen LogP contribution in [-0.4, -0.2) is 5.91 Å². The first kappa shape index (κ1) is 9.81. The zero-order valence-electron chi connectivity index (χ0n) is 7.82. The summed E-state index contributed by atoms with van der Waals surface area (Å²) in [6, 6.07) is 3.37. The fourth-order valence-electron chi connectivity index (χ4n) is 1.70. The summed E-state index contributed by atoms with van der Waals surface area (Å²) in [6.07, 6.45) is 0. The van der Waals surface area contributed by atoms with Crippen LogP contribution >= 0.6 is 23.2 Å².